The van der Waals surface area contributed by atoms with Gasteiger partial charge in [-0.25, -0.2) is 4.39 Å². The molecule has 1 atom stereocenters. The van der Waals surface area contributed by atoms with Crippen LogP contribution in [-0.2, 0) is 4.79 Å². The van der Waals surface area contributed by atoms with E-state index in [2.05, 4.69) is 15.5 Å². The average Bonchev–Trinajstić information content (AvgIpc) is 2.97. The molecule has 1 fully saturated rings. The summed E-state index contributed by atoms with van der Waals surface area (Å²) in [4.78, 5) is 41.0. The van der Waals surface area contributed by atoms with Crippen molar-refractivity contribution in [2.75, 3.05) is 38.5 Å². The summed E-state index contributed by atoms with van der Waals surface area (Å²) in [6.07, 6.45) is 0. The third-order valence-corrected chi connectivity index (χ3v) is 5.32. The largest absolute Gasteiger partial charge is 0.324 e. The van der Waals surface area contributed by atoms with Gasteiger partial charge in [0.1, 0.15) is 11.9 Å². The summed E-state index contributed by atoms with van der Waals surface area (Å²) in [6, 6.07) is 9.96. The smallest absolute Gasteiger partial charge is 0.259 e. The molecule has 3 amide bonds. The number of carbonyl (C=O) groups is 3. The first-order valence-corrected chi connectivity index (χ1v) is 9.41. The number of benzene rings is 2. The number of anilines is 1. The molecule has 0 bridgehead atoms. The Morgan fingerprint density at radius 2 is 1.76 bits per heavy atom. The Morgan fingerprint density at radius 1 is 1.03 bits per heavy atom. The van der Waals surface area contributed by atoms with Gasteiger partial charge in [0.25, 0.3) is 11.8 Å². The highest BCUT2D eigenvalue weighted by Crippen LogP contribution is 2.26. The summed E-state index contributed by atoms with van der Waals surface area (Å²) >= 11 is 0. The summed E-state index contributed by atoms with van der Waals surface area (Å²) in [5.74, 6) is -1.65. The molecule has 8 heteroatoms. The van der Waals surface area contributed by atoms with Crippen LogP contribution in [0, 0.1) is 5.82 Å². The zero-order chi connectivity index (χ0) is 20.5. The monoisotopic (exact) mass is 396 g/mol. The average molecular weight is 396 g/mol. The van der Waals surface area contributed by atoms with E-state index in [1.54, 1.807) is 18.2 Å². The van der Waals surface area contributed by atoms with Gasteiger partial charge in [0.2, 0.25) is 5.91 Å². The number of imide groups is 1. The van der Waals surface area contributed by atoms with Crippen molar-refractivity contribution in [1.29, 1.82) is 0 Å². The molecular weight excluding hydrogens is 375 g/mol. The molecule has 29 heavy (non-hydrogen) atoms. The number of halogens is 1. The normalized spacial score (nSPS) is 18.3. The predicted octanol–water partition coefficient (Wildman–Crippen LogP) is 1.64. The van der Waals surface area contributed by atoms with E-state index in [1.165, 1.54) is 24.3 Å². The Balaban J connectivity index is 1.61. The van der Waals surface area contributed by atoms with E-state index in [1.807, 2.05) is 11.9 Å². The molecule has 2 aromatic carbocycles. The van der Waals surface area contributed by atoms with E-state index in [9.17, 15) is 18.8 Å². The lowest BCUT2D eigenvalue weighted by Gasteiger charge is -2.37. The number of hydrogen-bond acceptors (Lipinski definition) is 5. The van der Waals surface area contributed by atoms with Gasteiger partial charge in [0, 0.05) is 31.9 Å². The van der Waals surface area contributed by atoms with Crippen molar-refractivity contribution in [3.05, 3.63) is 65.0 Å². The van der Waals surface area contributed by atoms with Crippen LogP contribution in [0.3, 0.4) is 0 Å². The predicted molar refractivity (Wildman–Crippen MR) is 105 cm³/mol. The minimum Gasteiger partial charge on any atom is -0.324 e. The lowest BCUT2D eigenvalue weighted by Crippen LogP contribution is -2.48. The van der Waals surface area contributed by atoms with Crippen LogP contribution < -0.4 is 10.6 Å². The van der Waals surface area contributed by atoms with Gasteiger partial charge in [-0.05, 0) is 42.9 Å². The lowest BCUT2D eigenvalue weighted by atomic mass is 10.0. The third-order valence-electron chi connectivity index (χ3n) is 5.32. The van der Waals surface area contributed by atoms with Gasteiger partial charge in [0.15, 0.2) is 0 Å². The van der Waals surface area contributed by atoms with E-state index >= 15 is 0 Å². The lowest BCUT2D eigenvalue weighted by molar-refractivity contribution is -0.122. The van der Waals surface area contributed by atoms with Crippen LogP contribution in [0.1, 0.15) is 32.3 Å². The minimum atomic E-state index is -0.664. The van der Waals surface area contributed by atoms with E-state index in [0.717, 1.165) is 13.1 Å². The second-order valence-corrected chi connectivity index (χ2v) is 7.33. The number of fused-ring (bicyclic) bond motifs is 1. The van der Waals surface area contributed by atoms with Crippen LogP contribution >= 0.6 is 0 Å². The first-order chi connectivity index (χ1) is 13.9. The Labute approximate surface area is 167 Å². The van der Waals surface area contributed by atoms with Gasteiger partial charge in [-0.15, -0.1) is 0 Å². The summed E-state index contributed by atoms with van der Waals surface area (Å²) in [5.41, 5.74) is 1.50. The Morgan fingerprint density at radius 3 is 2.48 bits per heavy atom. The van der Waals surface area contributed by atoms with Crippen molar-refractivity contribution in [2.45, 2.75) is 6.04 Å². The van der Waals surface area contributed by atoms with Crippen molar-refractivity contribution in [1.82, 2.24) is 15.1 Å². The Hall–Kier alpha value is -3.10. The maximum absolute atomic E-state index is 13.8. The summed E-state index contributed by atoms with van der Waals surface area (Å²) < 4.78 is 13.8. The SMILES string of the molecule is CN1CCN(C(C(=O)Nc2ccc3c(c2)C(=O)NC3=O)c2cccc(F)c2)CC1. The molecule has 2 heterocycles. The van der Waals surface area contributed by atoms with Crippen LogP contribution in [-0.4, -0.2) is 60.7 Å². The highest BCUT2D eigenvalue weighted by molar-refractivity contribution is 6.22. The zero-order valence-electron chi connectivity index (χ0n) is 15.9. The van der Waals surface area contributed by atoms with Gasteiger partial charge >= 0.3 is 0 Å². The van der Waals surface area contributed by atoms with Gasteiger partial charge in [-0.1, -0.05) is 12.1 Å². The second kappa shape index (κ2) is 7.73. The number of amides is 3. The highest BCUT2D eigenvalue weighted by atomic mass is 19.1. The van der Waals surface area contributed by atoms with Crippen molar-refractivity contribution in [2.24, 2.45) is 0 Å². The summed E-state index contributed by atoms with van der Waals surface area (Å²) in [6.45, 7) is 2.96. The number of piperazine rings is 1. The fraction of sp³-hybridized carbons (Fsp3) is 0.286. The van der Waals surface area contributed by atoms with Crippen LogP contribution in [0.2, 0.25) is 0 Å². The Bertz CT molecular complexity index is 986. The number of likely N-dealkylation sites (N-methyl/N-ethyl adjacent to an activating group) is 1. The van der Waals surface area contributed by atoms with Crippen molar-refractivity contribution in [3.8, 4) is 0 Å². The molecule has 1 unspecified atom stereocenters. The van der Waals surface area contributed by atoms with Gasteiger partial charge in [-0.2, -0.15) is 0 Å². The third kappa shape index (κ3) is 3.90. The molecule has 7 nitrogen and oxygen atoms in total. The molecule has 2 aliphatic heterocycles. The number of nitrogens with one attached hydrogen (secondary N) is 2. The second-order valence-electron chi connectivity index (χ2n) is 7.33. The molecule has 0 saturated carbocycles. The molecule has 0 spiro atoms. The molecule has 4 rings (SSSR count). The number of nitrogens with zero attached hydrogens (tertiary/aromatic N) is 2. The van der Waals surface area contributed by atoms with Gasteiger partial charge in [-0.3, -0.25) is 24.6 Å². The van der Waals surface area contributed by atoms with Crippen LogP contribution in [0.25, 0.3) is 0 Å². The highest BCUT2D eigenvalue weighted by Gasteiger charge is 2.31. The molecule has 2 N–H and O–H groups in total. The van der Waals surface area contributed by atoms with Crippen molar-refractivity contribution in [3.63, 3.8) is 0 Å². The summed E-state index contributed by atoms with van der Waals surface area (Å²) in [5, 5.41) is 5.05. The van der Waals surface area contributed by atoms with Crippen LogP contribution in [0.5, 0.6) is 0 Å². The molecule has 2 aromatic rings. The van der Waals surface area contributed by atoms with Crippen LogP contribution in [0.15, 0.2) is 42.5 Å². The van der Waals surface area contributed by atoms with E-state index in [4.69, 9.17) is 0 Å². The maximum Gasteiger partial charge on any atom is 0.259 e. The fourth-order valence-corrected chi connectivity index (χ4v) is 3.74. The van der Waals surface area contributed by atoms with E-state index in [0.29, 0.717) is 24.3 Å². The van der Waals surface area contributed by atoms with E-state index < -0.39 is 23.7 Å². The standard InChI is InChI=1S/C21H21FN4O3/c1-25-7-9-26(10-8-25)18(13-3-2-4-14(22)11-13)21(29)23-15-5-6-16-17(12-15)20(28)24-19(16)27/h2-6,11-12,18H,7-10H2,1H3,(H,23,29)(H,24,27,28). The molecule has 1 saturated heterocycles. The Kier molecular flexibility index (Phi) is 5.12. The molecule has 2 aliphatic rings. The van der Waals surface area contributed by atoms with Crippen LogP contribution in [0.4, 0.5) is 10.1 Å². The number of rotatable bonds is 4. The van der Waals surface area contributed by atoms with Gasteiger partial charge < -0.3 is 10.2 Å². The number of hydrogen-bond donors (Lipinski definition) is 2. The van der Waals surface area contributed by atoms with Crippen molar-refractivity contribution < 1.29 is 18.8 Å². The van der Waals surface area contributed by atoms with Crippen molar-refractivity contribution >= 4 is 23.4 Å². The molecule has 150 valence electrons. The fourth-order valence-electron chi connectivity index (χ4n) is 3.74. The van der Waals surface area contributed by atoms with E-state index in [-0.39, 0.29) is 17.0 Å². The summed E-state index contributed by atoms with van der Waals surface area (Å²) in [7, 11) is 2.02. The molecular formula is C21H21FN4O3. The molecule has 0 aliphatic carbocycles. The first kappa shape index (κ1) is 19.2. The van der Waals surface area contributed by atoms with Gasteiger partial charge in [0.05, 0.1) is 11.1 Å². The quantitative estimate of drug-likeness (QED) is 0.768. The maximum atomic E-state index is 13.8. The molecule has 0 aromatic heterocycles. The minimum absolute atomic E-state index is 0.231. The topological polar surface area (TPSA) is 81.8 Å². The number of carbonyl (C=O) groups excluding carboxylic acids is 3. The first-order valence-electron chi connectivity index (χ1n) is 9.41. The zero-order valence-corrected chi connectivity index (χ0v) is 15.9. The molecule has 0 radical (unpaired) electrons.